The number of rotatable bonds is 5. The maximum Gasteiger partial charge on any atom is 0.230 e. The van der Waals surface area contributed by atoms with Crippen LogP contribution >= 0.6 is 11.6 Å². The highest BCUT2D eigenvalue weighted by molar-refractivity contribution is 6.30. The molecule has 1 heterocycles. The minimum Gasteiger partial charge on any atom is -0.378 e. The number of nitrogens with zero attached hydrogens (tertiary/aromatic N) is 1. The van der Waals surface area contributed by atoms with Crippen molar-refractivity contribution in [2.24, 2.45) is 5.92 Å². The zero-order valence-corrected chi connectivity index (χ0v) is 12.8. The SMILES string of the molecule is CCOC1CC(Cc2noc(N)c2-c2cccc(Cl)c2)C1. The maximum absolute atomic E-state index is 6.06. The van der Waals surface area contributed by atoms with E-state index in [0.717, 1.165) is 42.7 Å². The molecule has 1 aliphatic rings. The van der Waals surface area contributed by atoms with Crippen LogP contribution in [0.3, 0.4) is 0 Å². The molecule has 0 spiro atoms. The zero-order chi connectivity index (χ0) is 14.8. The number of nitrogens with two attached hydrogens (primary N) is 1. The molecule has 2 N–H and O–H groups in total. The molecule has 21 heavy (non-hydrogen) atoms. The molecule has 0 radical (unpaired) electrons. The van der Waals surface area contributed by atoms with Crippen molar-refractivity contribution in [2.75, 3.05) is 12.3 Å². The molecule has 0 unspecified atom stereocenters. The van der Waals surface area contributed by atoms with Gasteiger partial charge in [-0.05, 0) is 49.8 Å². The van der Waals surface area contributed by atoms with Crippen LogP contribution in [0.4, 0.5) is 5.88 Å². The molecule has 5 heteroatoms. The van der Waals surface area contributed by atoms with Crippen molar-refractivity contribution >= 4 is 17.5 Å². The number of ether oxygens (including phenoxy) is 1. The van der Waals surface area contributed by atoms with Gasteiger partial charge in [0.05, 0.1) is 17.4 Å². The van der Waals surface area contributed by atoms with E-state index in [1.807, 2.05) is 31.2 Å². The van der Waals surface area contributed by atoms with Gasteiger partial charge in [-0.2, -0.15) is 0 Å². The summed E-state index contributed by atoms with van der Waals surface area (Å²) in [4.78, 5) is 0. The Morgan fingerprint density at radius 3 is 2.95 bits per heavy atom. The molecule has 0 bridgehead atoms. The van der Waals surface area contributed by atoms with Gasteiger partial charge in [0.2, 0.25) is 5.88 Å². The number of hydrogen-bond donors (Lipinski definition) is 1. The van der Waals surface area contributed by atoms with Gasteiger partial charge in [0, 0.05) is 11.6 Å². The highest BCUT2D eigenvalue weighted by Gasteiger charge is 2.31. The highest BCUT2D eigenvalue weighted by Crippen LogP contribution is 2.37. The van der Waals surface area contributed by atoms with E-state index in [-0.39, 0.29) is 0 Å². The summed E-state index contributed by atoms with van der Waals surface area (Å²) < 4.78 is 10.8. The van der Waals surface area contributed by atoms with Gasteiger partial charge in [0.25, 0.3) is 0 Å². The molecule has 1 aliphatic carbocycles. The minimum absolute atomic E-state index is 0.355. The van der Waals surface area contributed by atoms with Crippen LogP contribution in [0.15, 0.2) is 28.8 Å². The van der Waals surface area contributed by atoms with Crippen LogP contribution in [0, 0.1) is 5.92 Å². The second kappa shape index (κ2) is 6.08. The van der Waals surface area contributed by atoms with Crippen molar-refractivity contribution in [1.82, 2.24) is 5.16 Å². The standard InChI is InChI=1S/C16H19ClN2O2/c1-2-20-13-6-10(7-13)8-14-15(16(18)21-19-14)11-4-3-5-12(17)9-11/h3-5,9-10,13H,2,6-8,18H2,1H3. The van der Waals surface area contributed by atoms with Gasteiger partial charge in [0.1, 0.15) is 0 Å². The van der Waals surface area contributed by atoms with Crippen LogP contribution in [-0.2, 0) is 11.2 Å². The normalized spacial score (nSPS) is 21.2. The van der Waals surface area contributed by atoms with E-state index in [9.17, 15) is 0 Å². The smallest absolute Gasteiger partial charge is 0.230 e. The largest absolute Gasteiger partial charge is 0.378 e. The number of halogens is 1. The fourth-order valence-corrected chi connectivity index (χ4v) is 3.11. The number of hydrogen-bond acceptors (Lipinski definition) is 4. The molecule has 0 saturated heterocycles. The van der Waals surface area contributed by atoms with E-state index in [1.54, 1.807) is 0 Å². The Morgan fingerprint density at radius 1 is 1.43 bits per heavy atom. The Bertz CT molecular complexity index is 620. The predicted molar refractivity (Wildman–Crippen MR) is 83.2 cm³/mol. The number of benzene rings is 1. The first kappa shape index (κ1) is 14.4. The molecule has 1 saturated carbocycles. The summed E-state index contributed by atoms with van der Waals surface area (Å²) >= 11 is 6.06. The average molecular weight is 307 g/mol. The van der Waals surface area contributed by atoms with Crippen LogP contribution < -0.4 is 5.73 Å². The Balaban J connectivity index is 1.76. The monoisotopic (exact) mass is 306 g/mol. The van der Waals surface area contributed by atoms with E-state index in [1.165, 1.54) is 0 Å². The van der Waals surface area contributed by atoms with Crippen LogP contribution in [0.1, 0.15) is 25.5 Å². The summed E-state index contributed by atoms with van der Waals surface area (Å²) in [5, 5.41) is 4.81. The maximum atomic E-state index is 6.06. The third-order valence-electron chi connectivity index (χ3n) is 3.98. The van der Waals surface area contributed by atoms with Crippen molar-refractivity contribution in [3.8, 4) is 11.1 Å². The molecule has 1 fully saturated rings. The molecular formula is C16H19ClN2O2. The topological polar surface area (TPSA) is 61.3 Å². The van der Waals surface area contributed by atoms with Crippen molar-refractivity contribution in [2.45, 2.75) is 32.3 Å². The summed E-state index contributed by atoms with van der Waals surface area (Å²) in [6, 6.07) is 7.61. The fourth-order valence-electron chi connectivity index (χ4n) is 2.92. The molecule has 4 nitrogen and oxygen atoms in total. The molecule has 0 aliphatic heterocycles. The van der Waals surface area contributed by atoms with Gasteiger partial charge in [-0.3, -0.25) is 0 Å². The molecule has 2 aromatic rings. The Labute approximate surface area is 129 Å². The third kappa shape index (κ3) is 3.06. The summed E-state index contributed by atoms with van der Waals surface area (Å²) in [5.74, 6) is 0.942. The van der Waals surface area contributed by atoms with Crippen molar-refractivity contribution < 1.29 is 9.26 Å². The van der Waals surface area contributed by atoms with Gasteiger partial charge in [0.15, 0.2) is 0 Å². The van der Waals surface area contributed by atoms with E-state index in [2.05, 4.69) is 5.16 Å². The molecule has 1 aromatic carbocycles. The van der Waals surface area contributed by atoms with E-state index in [4.69, 9.17) is 26.6 Å². The van der Waals surface area contributed by atoms with Gasteiger partial charge in [-0.1, -0.05) is 28.9 Å². The van der Waals surface area contributed by atoms with E-state index >= 15 is 0 Å². The quantitative estimate of drug-likeness (QED) is 0.909. The van der Waals surface area contributed by atoms with Gasteiger partial charge >= 0.3 is 0 Å². The summed E-state index contributed by atoms with van der Waals surface area (Å²) in [6.07, 6.45) is 3.43. The predicted octanol–water partition coefficient (Wildman–Crippen LogP) is 3.93. The van der Waals surface area contributed by atoms with E-state index < -0.39 is 0 Å². The number of anilines is 1. The van der Waals surface area contributed by atoms with Crippen LogP contribution in [0.2, 0.25) is 5.02 Å². The molecular weight excluding hydrogens is 288 g/mol. The molecule has 1 aromatic heterocycles. The summed E-state index contributed by atoms with van der Waals surface area (Å²) in [6.45, 7) is 2.81. The second-order valence-electron chi connectivity index (χ2n) is 5.50. The summed E-state index contributed by atoms with van der Waals surface area (Å²) in [7, 11) is 0. The lowest BCUT2D eigenvalue weighted by atomic mass is 9.78. The first-order chi connectivity index (χ1) is 10.2. The lowest BCUT2D eigenvalue weighted by Crippen LogP contribution is -2.32. The zero-order valence-electron chi connectivity index (χ0n) is 12.0. The fraction of sp³-hybridized carbons (Fsp3) is 0.438. The Morgan fingerprint density at radius 2 is 2.24 bits per heavy atom. The third-order valence-corrected chi connectivity index (χ3v) is 4.21. The first-order valence-corrected chi connectivity index (χ1v) is 7.66. The molecule has 0 amide bonds. The minimum atomic E-state index is 0.355. The lowest BCUT2D eigenvalue weighted by Gasteiger charge is -2.34. The summed E-state index contributed by atoms with van der Waals surface area (Å²) in [5.41, 5.74) is 8.68. The number of aromatic nitrogens is 1. The second-order valence-corrected chi connectivity index (χ2v) is 5.93. The van der Waals surface area contributed by atoms with Gasteiger partial charge in [-0.25, -0.2) is 0 Å². The van der Waals surface area contributed by atoms with Crippen molar-refractivity contribution in [3.05, 3.63) is 35.0 Å². The highest BCUT2D eigenvalue weighted by atomic mass is 35.5. The number of nitrogen functional groups attached to an aromatic ring is 1. The molecule has 0 atom stereocenters. The average Bonchev–Trinajstić information content (AvgIpc) is 2.77. The van der Waals surface area contributed by atoms with Crippen molar-refractivity contribution in [1.29, 1.82) is 0 Å². The van der Waals surface area contributed by atoms with Crippen LogP contribution in [-0.4, -0.2) is 17.9 Å². The van der Waals surface area contributed by atoms with E-state index in [0.29, 0.717) is 22.9 Å². The van der Waals surface area contributed by atoms with Crippen LogP contribution in [0.25, 0.3) is 11.1 Å². The lowest BCUT2D eigenvalue weighted by molar-refractivity contribution is -0.0244. The van der Waals surface area contributed by atoms with Crippen LogP contribution in [0.5, 0.6) is 0 Å². The Kier molecular flexibility index (Phi) is 4.17. The molecule has 3 rings (SSSR count). The Hall–Kier alpha value is -1.52. The van der Waals surface area contributed by atoms with Crippen molar-refractivity contribution in [3.63, 3.8) is 0 Å². The molecule has 112 valence electrons. The van der Waals surface area contributed by atoms with Gasteiger partial charge in [-0.15, -0.1) is 0 Å². The first-order valence-electron chi connectivity index (χ1n) is 7.29. The van der Waals surface area contributed by atoms with Gasteiger partial charge < -0.3 is 15.0 Å².